The van der Waals surface area contributed by atoms with Gasteiger partial charge in [-0.3, -0.25) is 24.4 Å². The lowest BCUT2D eigenvalue weighted by Gasteiger charge is -2.14. The number of imide groups is 1. The monoisotopic (exact) mass is 405 g/mol. The number of aromatic amines is 1. The van der Waals surface area contributed by atoms with Gasteiger partial charge in [-0.05, 0) is 13.8 Å². The van der Waals surface area contributed by atoms with Crippen LogP contribution in [-0.2, 0) is 9.59 Å². The molecule has 1 atom stereocenters. The molecular weight excluding hydrogens is 386 g/mol. The van der Waals surface area contributed by atoms with Crippen molar-refractivity contribution in [2.24, 2.45) is 0 Å². The molecule has 1 aromatic carbocycles. The van der Waals surface area contributed by atoms with Crippen LogP contribution in [0.15, 0.2) is 29.4 Å². The first-order valence-corrected chi connectivity index (χ1v) is 10.2. The van der Waals surface area contributed by atoms with E-state index in [1.165, 1.54) is 11.8 Å². The van der Waals surface area contributed by atoms with Crippen LogP contribution in [-0.4, -0.2) is 61.2 Å². The summed E-state index contributed by atoms with van der Waals surface area (Å²) in [5.41, 5.74) is 2.09. The molecule has 1 saturated heterocycles. The van der Waals surface area contributed by atoms with E-state index in [9.17, 15) is 14.4 Å². The van der Waals surface area contributed by atoms with Crippen molar-refractivity contribution in [1.82, 2.24) is 25.4 Å². The van der Waals surface area contributed by atoms with Gasteiger partial charge in [-0.1, -0.05) is 53.4 Å². The van der Waals surface area contributed by atoms with Gasteiger partial charge in [0.2, 0.25) is 17.0 Å². The molecular formula is C17H19N5O3S2. The first kappa shape index (κ1) is 19.4. The van der Waals surface area contributed by atoms with Crippen LogP contribution >= 0.6 is 23.5 Å². The summed E-state index contributed by atoms with van der Waals surface area (Å²) in [5.74, 6) is 0.404. The average molecular weight is 406 g/mol. The number of carbonyl (C=O) groups excluding carboxylic acids is 3. The molecule has 2 aromatic rings. The van der Waals surface area contributed by atoms with Gasteiger partial charge in [0.1, 0.15) is 0 Å². The number of benzene rings is 1. The molecule has 1 aromatic heterocycles. The van der Waals surface area contributed by atoms with Crippen molar-refractivity contribution in [3.63, 3.8) is 0 Å². The summed E-state index contributed by atoms with van der Waals surface area (Å²) in [6.45, 7) is 4.18. The fourth-order valence-electron chi connectivity index (χ4n) is 2.38. The molecule has 1 aliphatic heterocycles. The molecule has 2 N–H and O–H groups in total. The summed E-state index contributed by atoms with van der Waals surface area (Å²) in [4.78, 5) is 40.8. The van der Waals surface area contributed by atoms with E-state index in [2.05, 4.69) is 20.5 Å². The Hall–Kier alpha value is -2.33. The smallest absolute Gasteiger partial charge is 0.288 e. The third-order valence-corrected chi connectivity index (χ3v) is 5.74. The summed E-state index contributed by atoms with van der Waals surface area (Å²) in [7, 11) is 0. The van der Waals surface area contributed by atoms with Crippen molar-refractivity contribution >= 4 is 40.6 Å². The van der Waals surface area contributed by atoms with Gasteiger partial charge in [0.25, 0.3) is 5.24 Å². The van der Waals surface area contributed by atoms with Crippen LogP contribution in [0.3, 0.4) is 0 Å². The maximum atomic E-state index is 12.2. The van der Waals surface area contributed by atoms with E-state index in [-0.39, 0.29) is 35.9 Å². The fourth-order valence-corrected chi connectivity index (χ4v) is 3.88. The summed E-state index contributed by atoms with van der Waals surface area (Å²) in [6.07, 6.45) is 0. The highest BCUT2D eigenvalue weighted by atomic mass is 32.2. The highest BCUT2D eigenvalue weighted by molar-refractivity contribution is 8.14. The Labute approximate surface area is 164 Å². The number of aryl methyl sites for hydroxylation is 1. The number of H-pyrrole nitrogens is 1. The number of thioether (sulfide) groups is 2. The largest absolute Gasteiger partial charge is 0.353 e. The van der Waals surface area contributed by atoms with Crippen molar-refractivity contribution in [2.75, 3.05) is 18.8 Å². The van der Waals surface area contributed by atoms with Gasteiger partial charge < -0.3 is 5.32 Å². The van der Waals surface area contributed by atoms with Gasteiger partial charge in [0.15, 0.2) is 5.82 Å². The third-order valence-electron chi connectivity index (χ3n) is 3.92. The molecule has 2 heterocycles. The number of hydrogen-bond acceptors (Lipinski definition) is 7. The van der Waals surface area contributed by atoms with E-state index < -0.39 is 5.25 Å². The average Bonchev–Trinajstić information content (AvgIpc) is 3.23. The summed E-state index contributed by atoms with van der Waals surface area (Å²) in [5, 5.41) is 9.57. The number of carbonyl (C=O) groups is 3. The molecule has 3 rings (SSSR count). The maximum Gasteiger partial charge on any atom is 0.288 e. The summed E-state index contributed by atoms with van der Waals surface area (Å²) in [6, 6.07) is 7.91. The van der Waals surface area contributed by atoms with Gasteiger partial charge in [-0.25, -0.2) is 4.98 Å². The Balaban J connectivity index is 1.49. The number of amides is 3. The zero-order valence-electron chi connectivity index (χ0n) is 14.9. The molecule has 0 bridgehead atoms. The molecule has 0 aliphatic carbocycles. The van der Waals surface area contributed by atoms with Crippen LogP contribution in [0.5, 0.6) is 0 Å². The van der Waals surface area contributed by atoms with Gasteiger partial charge >= 0.3 is 0 Å². The highest BCUT2D eigenvalue weighted by Crippen LogP contribution is 2.23. The second kappa shape index (κ2) is 8.57. The van der Waals surface area contributed by atoms with E-state index in [4.69, 9.17) is 0 Å². The summed E-state index contributed by atoms with van der Waals surface area (Å²) >= 11 is 2.22. The van der Waals surface area contributed by atoms with Crippen LogP contribution in [0.2, 0.25) is 0 Å². The molecule has 0 saturated carbocycles. The van der Waals surface area contributed by atoms with Crippen LogP contribution < -0.4 is 5.32 Å². The fraction of sp³-hybridized carbons (Fsp3) is 0.353. The van der Waals surface area contributed by atoms with Crippen molar-refractivity contribution in [1.29, 1.82) is 0 Å². The second-order valence-electron chi connectivity index (χ2n) is 5.98. The first-order chi connectivity index (χ1) is 12.9. The summed E-state index contributed by atoms with van der Waals surface area (Å²) < 4.78 is 0. The molecule has 0 radical (unpaired) electrons. The van der Waals surface area contributed by atoms with Crippen LogP contribution in [0.4, 0.5) is 4.79 Å². The number of nitrogens with zero attached hydrogens (tertiary/aromatic N) is 3. The lowest BCUT2D eigenvalue weighted by molar-refractivity contribution is -0.125. The van der Waals surface area contributed by atoms with Gasteiger partial charge in [0, 0.05) is 18.7 Å². The van der Waals surface area contributed by atoms with E-state index in [1.807, 2.05) is 31.2 Å². The normalized spacial score (nSPS) is 15.3. The lowest BCUT2D eigenvalue weighted by Crippen LogP contribution is -2.39. The first-order valence-electron chi connectivity index (χ1n) is 8.35. The van der Waals surface area contributed by atoms with Crippen molar-refractivity contribution in [3.05, 3.63) is 29.8 Å². The minimum absolute atomic E-state index is 0.174. The van der Waals surface area contributed by atoms with E-state index in [1.54, 1.807) is 6.92 Å². The Morgan fingerprint density at radius 3 is 2.78 bits per heavy atom. The number of rotatable bonds is 7. The van der Waals surface area contributed by atoms with Gasteiger partial charge in [-0.15, -0.1) is 5.10 Å². The van der Waals surface area contributed by atoms with Crippen LogP contribution in [0.25, 0.3) is 11.4 Å². The number of aromatic nitrogens is 3. The molecule has 0 spiro atoms. The number of hydrogen-bond donors (Lipinski definition) is 2. The Morgan fingerprint density at radius 2 is 2.11 bits per heavy atom. The van der Waals surface area contributed by atoms with Crippen molar-refractivity contribution < 1.29 is 14.4 Å². The standard InChI is InChI=1S/C17H19N5O3S2/c1-10-3-5-12(6-4-10)14-19-16(21-20-14)27-11(2)15(24)18-7-8-22-13(23)9-26-17(22)25/h3-6,11H,7-9H2,1-2H3,(H,18,24)(H,19,20,21)/t11-/m0/s1. The molecule has 1 fully saturated rings. The molecule has 1 aliphatic rings. The third kappa shape index (κ3) is 4.89. The predicted octanol–water partition coefficient (Wildman–Crippen LogP) is 2.07. The quantitative estimate of drug-likeness (QED) is 0.679. The van der Waals surface area contributed by atoms with Crippen LogP contribution in [0.1, 0.15) is 12.5 Å². The van der Waals surface area contributed by atoms with E-state index in [0.717, 1.165) is 27.8 Å². The Morgan fingerprint density at radius 1 is 1.37 bits per heavy atom. The molecule has 27 heavy (non-hydrogen) atoms. The lowest BCUT2D eigenvalue weighted by atomic mass is 10.1. The zero-order valence-corrected chi connectivity index (χ0v) is 16.5. The zero-order chi connectivity index (χ0) is 19.4. The Bertz CT molecular complexity index is 837. The molecule has 10 heteroatoms. The predicted molar refractivity (Wildman–Crippen MR) is 104 cm³/mol. The molecule has 142 valence electrons. The molecule has 8 nitrogen and oxygen atoms in total. The van der Waals surface area contributed by atoms with E-state index >= 15 is 0 Å². The SMILES string of the molecule is Cc1ccc(-c2nc(S[C@@H](C)C(=O)NCCN3C(=O)CSC3=O)n[nH]2)cc1. The maximum absolute atomic E-state index is 12.2. The minimum atomic E-state index is -0.411. The highest BCUT2D eigenvalue weighted by Gasteiger charge is 2.29. The Kier molecular flexibility index (Phi) is 6.17. The van der Waals surface area contributed by atoms with Gasteiger partial charge in [-0.2, -0.15) is 0 Å². The van der Waals surface area contributed by atoms with Crippen molar-refractivity contribution in [2.45, 2.75) is 24.3 Å². The topological polar surface area (TPSA) is 108 Å². The second-order valence-corrected chi connectivity index (χ2v) is 8.22. The minimum Gasteiger partial charge on any atom is -0.353 e. The van der Waals surface area contributed by atoms with E-state index in [0.29, 0.717) is 11.0 Å². The molecule has 0 unspecified atom stereocenters. The van der Waals surface area contributed by atoms with Gasteiger partial charge in [0.05, 0.1) is 11.0 Å². The van der Waals surface area contributed by atoms with Crippen LogP contribution in [0, 0.1) is 6.92 Å². The van der Waals surface area contributed by atoms with Crippen molar-refractivity contribution in [3.8, 4) is 11.4 Å². The molecule has 3 amide bonds. The number of nitrogens with one attached hydrogen (secondary N) is 2.